The summed E-state index contributed by atoms with van der Waals surface area (Å²) in [6, 6.07) is 16.8. The Labute approximate surface area is 129 Å². The first-order valence-electron chi connectivity index (χ1n) is 6.98. The van der Waals surface area contributed by atoms with Gasteiger partial charge < -0.3 is 5.32 Å². The SMILES string of the molecule is Clc1ccc([C@H]2CCCN[C@@H]2c2ccc(Cl)cc2)cc1. The largest absolute Gasteiger partial charge is 0.309 e. The Morgan fingerprint density at radius 3 is 1.95 bits per heavy atom. The van der Waals surface area contributed by atoms with Gasteiger partial charge in [-0.25, -0.2) is 0 Å². The molecular formula is C17H17Cl2N. The number of benzene rings is 2. The topological polar surface area (TPSA) is 12.0 Å². The van der Waals surface area contributed by atoms with Crippen LogP contribution in [0.4, 0.5) is 0 Å². The van der Waals surface area contributed by atoms with Crippen LogP contribution in [0.25, 0.3) is 0 Å². The predicted molar refractivity (Wildman–Crippen MR) is 85.6 cm³/mol. The van der Waals surface area contributed by atoms with Gasteiger partial charge in [0.15, 0.2) is 0 Å². The number of halogens is 2. The number of hydrogen-bond donors (Lipinski definition) is 1. The highest BCUT2D eigenvalue weighted by molar-refractivity contribution is 6.30. The molecule has 1 heterocycles. The third-order valence-corrected chi connectivity index (χ3v) is 4.49. The van der Waals surface area contributed by atoms with Crippen LogP contribution in [0.15, 0.2) is 48.5 Å². The molecule has 2 atom stereocenters. The quantitative estimate of drug-likeness (QED) is 0.804. The summed E-state index contributed by atoms with van der Waals surface area (Å²) in [6.45, 7) is 1.07. The Bertz CT molecular complexity index is 509. The monoisotopic (exact) mass is 305 g/mol. The van der Waals surface area contributed by atoms with Crippen LogP contribution >= 0.6 is 23.2 Å². The van der Waals surface area contributed by atoms with Crippen LogP contribution in [-0.2, 0) is 0 Å². The highest BCUT2D eigenvalue weighted by Gasteiger charge is 2.27. The second-order valence-electron chi connectivity index (χ2n) is 5.28. The molecule has 0 amide bonds. The Kier molecular flexibility index (Phi) is 4.30. The maximum atomic E-state index is 5.99. The summed E-state index contributed by atoms with van der Waals surface area (Å²) >= 11 is 12.0. The molecule has 1 N–H and O–H groups in total. The molecule has 1 nitrogen and oxygen atoms in total. The number of piperidine rings is 1. The molecule has 1 aliphatic rings. The second-order valence-corrected chi connectivity index (χ2v) is 6.16. The van der Waals surface area contributed by atoms with Gasteiger partial charge in [0.2, 0.25) is 0 Å². The Morgan fingerprint density at radius 2 is 1.35 bits per heavy atom. The van der Waals surface area contributed by atoms with E-state index in [1.807, 2.05) is 24.3 Å². The van der Waals surface area contributed by atoms with E-state index in [9.17, 15) is 0 Å². The summed E-state index contributed by atoms with van der Waals surface area (Å²) in [4.78, 5) is 0. The van der Waals surface area contributed by atoms with E-state index in [2.05, 4.69) is 29.6 Å². The summed E-state index contributed by atoms with van der Waals surface area (Å²) in [5.74, 6) is 0.488. The van der Waals surface area contributed by atoms with Gasteiger partial charge in [-0.1, -0.05) is 47.5 Å². The number of rotatable bonds is 2. The first-order valence-corrected chi connectivity index (χ1v) is 7.74. The molecule has 2 aromatic rings. The molecule has 3 rings (SSSR count). The van der Waals surface area contributed by atoms with Crippen molar-refractivity contribution in [3.63, 3.8) is 0 Å². The van der Waals surface area contributed by atoms with E-state index in [4.69, 9.17) is 23.2 Å². The molecule has 0 radical (unpaired) electrons. The van der Waals surface area contributed by atoms with E-state index >= 15 is 0 Å². The van der Waals surface area contributed by atoms with Crippen LogP contribution in [0.5, 0.6) is 0 Å². The van der Waals surface area contributed by atoms with Gasteiger partial charge in [-0.05, 0) is 54.8 Å². The van der Waals surface area contributed by atoms with Crippen molar-refractivity contribution < 1.29 is 0 Å². The normalized spacial score (nSPS) is 22.7. The Hall–Kier alpha value is -1.02. The number of hydrogen-bond acceptors (Lipinski definition) is 1. The highest BCUT2D eigenvalue weighted by atomic mass is 35.5. The first-order chi connectivity index (χ1) is 9.74. The van der Waals surface area contributed by atoms with Crippen LogP contribution < -0.4 is 5.32 Å². The summed E-state index contributed by atoms with van der Waals surface area (Å²) in [5.41, 5.74) is 2.65. The highest BCUT2D eigenvalue weighted by Crippen LogP contribution is 2.37. The average Bonchev–Trinajstić information content (AvgIpc) is 2.49. The van der Waals surface area contributed by atoms with E-state index in [1.165, 1.54) is 24.0 Å². The Balaban J connectivity index is 1.90. The fourth-order valence-corrected chi connectivity index (χ4v) is 3.23. The van der Waals surface area contributed by atoms with Crippen molar-refractivity contribution in [3.05, 3.63) is 69.7 Å². The average molecular weight is 306 g/mol. The zero-order valence-corrected chi connectivity index (χ0v) is 12.7. The van der Waals surface area contributed by atoms with Crippen LogP contribution in [0.2, 0.25) is 10.0 Å². The first kappa shape index (κ1) is 13.9. The summed E-state index contributed by atoms with van der Waals surface area (Å²) in [6.07, 6.45) is 2.40. The maximum Gasteiger partial charge on any atom is 0.0406 e. The summed E-state index contributed by atoms with van der Waals surface area (Å²) in [7, 11) is 0. The number of nitrogens with one attached hydrogen (secondary N) is 1. The van der Waals surface area contributed by atoms with Gasteiger partial charge in [0.05, 0.1) is 0 Å². The van der Waals surface area contributed by atoms with Crippen molar-refractivity contribution in [3.8, 4) is 0 Å². The van der Waals surface area contributed by atoms with Gasteiger partial charge in [-0.15, -0.1) is 0 Å². The fraction of sp³-hybridized carbons (Fsp3) is 0.294. The minimum atomic E-state index is 0.349. The minimum Gasteiger partial charge on any atom is -0.309 e. The lowest BCUT2D eigenvalue weighted by Gasteiger charge is -2.33. The van der Waals surface area contributed by atoms with Crippen molar-refractivity contribution in [1.29, 1.82) is 0 Å². The van der Waals surface area contributed by atoms with Crippen molar-refractivity contribution >= 4 is 23.2 Å². The lowest BCUT2D eigenvalue weighted by atomic mass is 9.81. The summed E-state index contributed by atoms with van der Waals surface area (Å²) < 4.78 is 0. The third kappa shape index (κ3) is 3.01. The Morgan fingerprint density at radius 1 is 0.800 bits per heavy atom. The zero-order valence-electron chi connectivity index (χ0n) is 11.2. The van der Waals surface area contributed by atoms with Gasteiger partial charge in [-0.2, -0.15) is 0 Å². The minimum absolute atomic E-state index is 0.349. The van der Waals surface area contributed by atoms with Crippen LogP contribution in [-0.4, -0.2) is 6.54 Å². The van der Waals surface area contributed by atoms with Gasteiger partial charge in [0.1, 0.15) is 0 Å². The molecule has 0 bridgehead atoms. The second kappa shape index (κ2) is 6.17. The predicted octanol–water partition coefficient (Wildman–Crippen LogP) is 5.20. The molecular weight excluding hydrogens is 289 g/mol. The maximum absolute atomic E-state index is 5.99. The molecule has 1 fully saturated rings. The molecule has 0 spiro atoms. The van der Waals surface area contributed by atoms with Gasteiger partial charge >= 0.3 is 0 Å². The molecule has 0 saturated carbocycles. The molecule has 0 aromatic heterocycles. The smallest absolute Gasteiger partial charge is 0.0406 e. The fourth-order valence-electron chi connectivity index (χ4n) is 2.98. The van der Waals surface area contributed by atoms with E-state index in [0.717, 1.165) is 16.6 Å². The van der Waals surface area contributed by atoms with Crippen molar-refractivity contribution in [1.82, 2.24) is 5.32 Å². The molecule has 0 aliphatic carbocycles. The van der Waals surface area contributed by atoms with E-state index in [-0.39, 0.29) is 0 Å². The van der Waals surface area contributed by atoms with E-state index in [1.54, 1.807) is 0 Å². The molecule has 20 heavy (non-hydrogen) atoms. The molecule has 104 valence electrons. The molecule has 3 heteroatoms. The lowest BCUT2D eigenvalue weighted by Crippen LogP contribution is -2.33. The molecule has 0 unspecified atom stereocenters. The standard InChI is InChI=1S/C17H17Cl2N/c18-14-7-3-12(4-8-14)16-2-1-11-20-17(16)13-5-9-15(19)10-6-13/h3-10,16-17,20H,1-2,11H2/t16-,17-/m1/s1. The van der Waals surface area contributed by atoms with Crippen LogP contribution in [0.3, 0.4) is 0 Å². The van der Waals surface area contributed by atoms with Crippen molar-refractivity contribution in [2.75, 3.05) is 6.54 Å². The van der Waals surface area contributed by atoms with E-state index < -0.39 is 0 Å². The molecule has 1 aliphatic heterocycles. The van der Waals surface area contributed by atoms with Crippen molar-refractivity contribution in [2.45, 2.75) is 24.8 Å². The van der Waals surface area contributed by atoms with E-state index in [0.29, 0.717) is 12.0 Å². The molecule has 2 aromatic carbocycles. The lowest BCUT2D eigenvalue weighted by molar-refractivity contribution is 0.358. The van der Waals surface area contributed by atoms with Crippen molar-refractivity contribution in [2.24, 2.45) is 0 Å². The molecule has 1 saturated heterocycles. The van der Waals surface area contributed by atoms with Gasteiger partial charge in [0, 0.05) is 22.0 Å². The zero-order chi connectivity index (χ0) is 13.9. The van der Waals surface area contributed by atoms with Gasteiger partial charge in [0.25, 0.3) is 0 Å². The third-order valence-electron chi connectivity index (χ3n) is 3.99. The van der Waals surface area contributed by atoms with Gasteiger partial charge in [-0.3, -0.25) is 0 Å². The van der Waals surface area contributed by atoms with Crippen LogP contribution in [0.1, 0.15) is 35.9 Å². The van der Waals surface area contributed by atoms with Crippen LogP contribution in [0, 0.1) is 0 Å². The summed E-state index contributed by atoms with van der Waals surface area (Å²) in [5, 5.41) is 5.22.